The van der Waals surface area contributed by atoms with E-state index in [0.717, 1.165) is 12.0 Å². The zero-order valence-corrected chi connectivity index (χ0v) is 11.4. The largest absolute Gasteiger partial charge is 0.441 e. The van der Waals surface area contributed by atoms with Crippen LogP contribution in [-0.4, -0.2) is 17.8 Å². The van der Waals surface area contributed by atoms with E-state index < -0.39 is 5.51 Å². The predicted molar refractivity (Wildman–Crippen MR) is 70.7 cm³/mol. The summed E-state index contributed by atoms with van der Waals surface area (Å²) < 4.78 is 35.9. The van der Waals surface area contributed by atoms with Crippen LogP contribution in [0.1, 0.15) is 30.5 Å². The van der Waals surface area contributed by atoms with Crippen LogP contribution in [0.25, 0.3) is 0 Å². The number of hydrogen-bond donors (Lipinski definition) is 1. The molecule has 0 saturated carbocycles. The molecule has 1 unspecified atom stereocenters. The standard InChI is InChI=1S/C13H18F3NS/c1-3-12(11-6-4-10(2)5-7-11)17-8-9-18-13(14,15)16/h4-7,12,17H,3,8-9H2,1-2H3. The van der Waals surface area contributed by atoms with Crippen molar-refractivity contribution in [2.45, 2.75) is 31.8 Å². The minimum Gasteiger partial charge on any atom is -0.309 e. The van der Waals surface area contributed by atoms with Crippen molar-refractivity contribution in [1.82, 2.24) is 5.32 Å². The van der Waals surface area contributed by atoms with E-state index in [4.69, 9.17) is 0 Å². The summed E-state index contributed by atoms with van der Waals surface area (Å²) in [5.41, 5.74) is -1.82. The highest BCUT2D eigenvalue weighted by atomic mass is 32.2. The Labute approximate surface area is 110 Å². The molecule has 0 amide bonds. The third kappa shape index (κ3) is 5.78. The van der Waals surface area contributed by atoms with Crippen LogP contribution in [0.5, 0.6) is 0 Å². The van der Waals surface area contributed by atoms with Gasteiger partial charge in [-0.1, -0.05) is 36.8 Å². The molecule has 0 aliphatic carbocycles. The van der Waals surface area contributed by atoms with Crippen molar-refractivity contribution in [3.63, 3.8) is 0 Å². The molecule has 0 fully saturated rings. The van der Waals surface area contributed by atoms with E-state index in [1.165, 1.54) is 5.56 Å². The van der Waals surface area contributed by atoms with Gasteiger partial charge < -0.3 is 5.32 Å². The Hall–Kier alpha value is -0.680. The molecule has 1 rings (SSSR count). The summed E-state index contributed by atoms with van der Waals surface area (Å²) >= 11 is 0.0212. The van der Waals surface area contributed by atoms with Gasteiger partial charge in [-0.05, 0) is 30.7 Å². The van der Waals surface area contributed by atoms with Crippen molar-refractivity contribution < 1.29 is 13.2 Å². The number of halogens is 3. The summed E-state index contributed by atoms with van der Waals surface area (Å²) in [6, 6.07) is 8.20. The van der Waals surface area contributed by atoms with E-state index in [1.807, 2.05) is 38.1 Å². The molecule has 0 aliphatic heterocycles. The van der Waals surface area contributed by atoms with Gasteiger partial charge in [0.1, 0.15) is 0 Å². The van der Waals surface area contributed by atoms with Crippen LogP contribution in [0.4, 0.5) is 13.2 Å². The fourth-order valence-electron chi connectivity index (χ4n) is 1.70. The molecule has 1 aromatic carbocycles. The fraction of sp³-hybridized carbons (Fsp3) is 0.538. The topological polar surface area (TPSA) is 12.0 Å². The van der Waals surface area contributed by atoms with Crippen LogP contribution in [0.3, 0.4) is 0 Å². The van der Waals surface area contributed by atoms with Gasteiger partial charge in [0.15, 0.2) is 0 Å². The monoisotopic (exact) mass is 277 g/mol. The van der Waals surface area contributed by atoms with Crippen LogP contribution >= 0.6 is 11.8 Å². The summed E-state index contributed by atoms with van der Waals surface area (Å²) in [7, 11) is 0. The molecule has 1 atom stereocenters. The lowest BCUT2D eigenvalue weighted by Crippen LogP contribution is -2.24. The summed E-state index contributed by atoms with van der Waals surface area (Å²) in [5.74, 6) is 0.0475. The first-order valence-corrected chi connectivity index (χ1v) is 6.91. The summed E-state index contributed by atoms with van der Waals surface area (Å²) in [6.07, 6.45) is 0.861. The van der Waals surface area contributed by atoms with Gasteiger partial charge in [-0.15, -0.1) is 0 Å². The van der Waals surface area contributed by atoms with Gasteiger partial charge in [-0.2, -0.15) is 13.2 Å². The van der Waals surface area contributed by atoms with E-state index in [9.17, 15) is 13.2 Å². The molecule has 102 valence electrons. The molecule has 5 heteroatoms. The molecule has 0 aromatic heterocycles. The zero-order chi connectivity index (χ0) is 13.6. The van der Waals surface area contributed by atoms with Crippen molar-refractivity contribution in [2.75, 3.05) is 12.3 Å². The van der Waals surface area contributed by atoms with Gasteiger partial charge in [0, 0.05) is 18.3 Å². The summed E-state index contributed by atoms with van der Waals surface area (Å²) in [4.78, 5) is 0. The fourth-order valence-corrected chi connectivity index (χ4v) is 2.15. The van der Waals surface area contributed by atoms with Gasteiger partial charge in [0.05, 0.1) is 0 Å². The third-order valence-electron chi connectivity index (χ3n) is 2.65. The molecule has 1 nitrogen and oxygen atoms in total. The Morgan fingerprint density at radius 1 is 1.22 bits per heavy atom. The number of nitrogens with one attached hydrogen (secondary N) is 1. The van der Waals surface area contributed by atoms with E-state index >= 15 is 0 Å². The van der Waals surface area contributed by atoms with E-state index in [0.29, 0.717) is 6.54 Å². The molecular weight excluding hydrogens is 259 g/mol. The first kappa shape index (κ1) is 15.4. The average Bonchev–Trinajstić information content (AvgIpc) is 2.29. The first-order chi connectivity index (χ1) is 8.42. The number of aryl methyl sites for hydroxylation is 1. The summed E-state index contributed by atoms with van der Waals surface area (Å²) in [6.45, 7) is 4.39. The van der Waals surface area contributed by atoms with E-state index in [2.05, 4.69) is 5.32 Å². The third-order valence-corrected chi connectivity index (χ3v) is 3.38. The molecule has 18 heavy (non-hydrogen) atoms. The summed E-state index contributed by atoms with van der Waals surface area (Å²) in [5, 5.41) is 3.16. The van der Waals surface area contributed by atoms with Crippen LogP contribution in [0.2, 0.25) is 0 Å². The zero-order valence-electron chi connectivity index (χ0n) is 10.6. The molecule has 0 saturated heterocycles. The highest BCUT2D eigenvalue weighted by Gasteiger charge is 2.27. The lowest BCUT2D eigenvalue weighted by atomic mass is 10.0. The molecule has 0 spiro atoms. The molecule has 0 bridgehead atoms. The number of benzene rings is 1. The number of hydrogen-bond acceptors (Lipinski definition) is 2. The average molecular weight is 277 g/mol. The second-order valence-electron chi connectivity index (χ2n) is 4.12. The van der Waals surface area contributed by atoms with Crippen molar-refractivity contribution in [1.29, 1.82) is 0 Å². The minimum absolute atomic E-state index is 0.0212. The lowest BCUT2D eigenvalue weighted by Gasteiger charge is -2.17. The first-order valence-electron chi connectivity index (χ1n) is 5.93. The van der Waals surface area contributed by atoms with Crippen LogP contribution in [-0.2, 0) is 0 Å². The molecule has 0 aliphatic rings. The SMILES string of the molecule is CCC(NCCSC(F)(F)F)c1ccc(C)cc1. The Kier molecular flexibility index (Phi) is 6.02. The van der Waals surface area contributed by atoms with E-state index in [1.54, 1.807) is 0 Å². The lowest BCUT2D eigenvalue weighted by molar-refractivity contribution is -0.0327. The van der Waals surface area contributed by atoms with Crippen LogP contribution < -0.4 is 5.32 Å². The van der Waals surface area contributed by atoms with Gasteiger partial charge >= 0.3 is 5.51 Å². The van der Waals surface area contributed by atoms with Crippen LogP contribution in [0, 0.1) is 6.92 Å². The highest BCUT2D eigenvalue weighted by molar-refractivity contribution is 8.00. The second-order valence-corrected chi connectivity index (χ2v) is 5.28. The van der Waals surface area contributed by atoms with E-state index in [-0.39, 0.29) is 23.6 Å². The van der Waals surface area contributed by atoms with Crippen molar-refractivity contribution in [3.8, 4) is 0 Å². The van der Waals surface area contributed by atoms with Gasteiger partial charge in [0.25, 0.3) is 0 Å². The number of rotatable bonds is 6. The Morgan fingerprint density at radius 3 is 2.33 bits per heavy atom. The highest BCUT2D eigenvalue weighted by Crippen LogP contribution is 2.29. The van der Waals surface area contributed by atoms with Gasteiger partial charge in [0.2, 0.25) is 0 Å². The van der Waals surface area contributed by atoms with Gasteiger partial charge in [-0.25, -0.2) is 0 Å². The second kappa shape index (κ2) is 7.04. The predicted octanol–water partition coefficient (Wildman–Crippen LogP) is 4.29. The maximum Gasteiger partial charge on any atom is 0.441 e. The quantitative estimate of drug-likeness (QED) is 0.778. The minimum atomic E-state index is -4.13. The Balaban J connectivity index is 2.40. The maximum absolute atomic E-state index is 12.0. The Bertz CT molecular complexity index is 348. The smallest absolute Gasteiger partial charge is 0.309 e. The number of alkyl halides is 3. The molecule has 0 heterocycles. The van der Waals surface area contributed by atoms with Crippen molar-refractivity contribution >= 4 is 11.8 Å². The molecule has 1 aromatic rings. The van der Waals surface area contributed by atoms with Crippen molar-refractivity contribution in [2.24, 2.45) is 0 Å². The maximum atomic E-state index is 12.0. The van der Waals surface area contributed by atoms with Gasteiger partial charge in [-0.3, -0.25) is 0 Å². The molecular formula is C13H18F3NS. The van der Waals surface area contributed by atoms with Crippen molar-refractivity contribution in [3.05, 3.63) is 35.4 Å². The molecule has 0 radical (unpaired) electrons. The molecule has 1 N–H and O–H groups in total. The van der Waals surface area contributed by atoms with Crippen LogP contribution in [0.15, 0.2) is 24.3 Å². The normalized spacial score (nSPS) is 13.6. The number of thioether (sulfide) groups is 1. The Morgan fingerprint density at radius 2 is 1.83 bits per heavy atom.